The Kier molecular flexibility index (Phi) is 4.85. The summed E-state index contributed by atoms with van der Waals surface area (Å²) in [4.78, 5) is 12.9. The molecular weight excluding hydrogens is 372 g/mol. The number of carbonyl (C=O) groups is 1. The molecule has 0 aliphatic carbocycles. The maximum absolute atomic E-state index is 12.9. The van der Waals surface area contributed by atoms with Gasteiger partial charge in [0.2, 0.25) is 5.91 Å². The molecule has 3 heterocycles. The highest BCUT2D eigenvalue weighted by Crippen LogP contribution is 2.32. The Bertz CT molecular complexity index is 1180. The molecule has 0 saturated carbocycles. The van der Waals surface area contributed by atoms with E-state index in [0.29, 0.717) is 6.42 Å². The van der Waals surface area contributed by atoms with Crippen LogP contribution in [0.4, 0.5) is 5.69 Å². The smallest absolute Gasteiger partial charge is 0.237 e. The number of hydrogen-bond acceptors (Lipinski definition) is 5. The molecule has 6 nitrogen and oxygen atoms in total. The number of fused-ring (bicyclic) bond motifs is 3. The van der Waals surface area contributed by atoms with Crippen LogP contribution in [-0.2, 0) is 4.79 Å². The lowest BCUT2D eigenvalue weighted by atomic mass is 10.1. The molecule has 144 valence electrons. The molecule has 0 bridgehead atoms. The van der Waals surface area contributed by atoms with Crippen LogP contribution >= 0.6 is 11.8 Å². The standard InChI is InChI=1S/C21H22N4O2S/c1-5-19(20(26)22-15-10-12(2)6-7-13(15)3)28-21-17-11-18-16(8-9-27-18)25(17)14(4)23-24-21/h6-11,19H,5H2,1-4H3,(H,22,26)/t19-/m0/s1. The van der Waals surface area contributed by atoms with Crippen molar-refractivity contribution >= 4 is 40.0 Å². The van der Waals surface area contributed by atoms with Crippen LogP contribution < -0.4 is 5.32 Å². The van der Waals surface area contributed by atoms with Crippen molar-refractivity contribution in [3.63, 3.8) is 0 Å². The van der Waals surface area contributed by atoms with Crippen molar-refractivity contribution in [2.45, 2.75) is 44.4 Å². The predicted molar refractivity (Wildman–Crippen MR) is 112 cm³/mol. The SMILES string of the molecule is CC[C@H](Sc1nnc(C)n2c1cc1occc12)C(=O)Nc1cc(C)ccc1C. The Hall–Kier alpha value is -2.80. The second-order valence-corrected chi connectivity index (χ2v) is 8.10. The third-order valence-electron chi connectivity index (χ3n) is 4.82. The molecule has 0 saturated heterocycles. The number of anilines is 1. The van der Waals surface area contributed by atoms with Gasteiger partial charge in [0.1, 0.15) is 10.9 Å². The zero-order chi connectivity index (χ0) is 19.8. The Morgan fingerprint density at radius 3 is 2.79 bits per heavy atom. The summed E-state index contributed by atoms with van der Waals surface area (Å²) < 4.78 is 7.55. The van der Waals surface area contributed by atoms with E-state index in [4.69, 9.17) is 4.42 Å². The van der Waals surface area contributed by atoms with Crippen molar-refractivity contribution in [3.05, 3.63) is 53.5 Å². The van der Waals surface area contributed by atoms with E-state index in [-0.39, 0.29) is 11.2 Å². The molecule has 3 aromatic heterocycles. The number of hydrogen-bond donors (Lipinski definition) is 1. The zero-order valence-corrected chi connectivity index (χ0v) is 17.1. The van der Waals surface area contributed by atoms with Crippen LogP contribution in [0.5, 0.6) is 0 Å². The quantitative estimate of drug-likeness (QED) is 0.487. The summed E-state index contributed by atoms with van der Waals surface area (Å²) in [6, 6.07) is 9.92. The second kappa shape index (κ2) is 7.31. The molecule has 1 atom stereocenters. The normalized spacial score (nSPS) is 12.6. The van der Waals surface area contributed by atoms with Gasteiger partial charge in [-0.25, -0.2) is 0 Å². The first-order chi connectivity index (χ1) is 13.5. The molecule has 0 aliphatic heterocycles. The number of furan rings is 1. The molecule has 4 rings (SSSR count). The summed E-state index contributed by atoms with van der Waals surface area (Å²) in [5, 5.41) is 12.2. The molecule has 4 aromatic rings. The first-order valence-electron chi connectivity index (χ1n) is 9.24. The van der Waals surface area contributed by atoms with Crippen molar-refractivity contribution in [3.8, 4) is 0 Å². The first-order valence-corrected chi connectivity index (χ1v) is 10.1. The van der Waals surface area contributed by atoms with Crippen LogP contribution in [0.2, 0.25) is 0 Å². The minimum atomic E-state index is -0.276. The molecule has 1 amide bonds. The van der Waals surface area contributed by atoms with E-state index >= 15 is 0 Å². The Balaban J connectivity index is 1.64. The Labute approximate surface area is 167 Å². The molecule has 0 spiro atoms. The summed E-state index contributed by atoms with van der Waals surface area (Å²) >= 11 is 1.43. The van der Waals surface area contributed by atoms with Crippen molar-refractivity contribution in [2.24, 2.45) is 0 Å². The highest BCUT2D eigenvalue weighted by atomic mass is 32.2. The molecule has 0 aliphatic rings. The first kappa shape index (κ1) is 18.6. The van der Waals surface area contributed by atoms with Crippen molar-refractivity contribution in [2.75, 3.05) is 5.32 Å². The lowest BCUT2D eigenvalue weighted by molar-refractivity contribution is -0.115. The summed E-state index contributed by atoms with van der Waals surface area (Å²) in [5.41, 5.74) is 5.66. The van der Waals surface area contributed by atoms with Crippen LogP contribution in [0.3, 0.4) is 0 Å². The largest absolute Gasteiger partial charge is 0.463 e. The third-order valence-corrected chi connectivity index (χ3v) is 6.17. The predicted octanol–water partition coefficient (Wildman–Crippen LogP) is 4.91. The van der Waals surface area contributed by atoms with Crippen molar-refractivity contribution in [1.82, 2.24) is 14.6 Å². The van der Waals surface area contributed by atoms with Gasteiger partial charge < -0.3 is 9.73 Å². The van der Waals surface area contributed by atoms with E-state index in [1.807, 2.05) is 62.4 Å². The monoisotopic (exact) mass is 394 g/mol. The molecule has 7 heteroatoms. The Morgan fingerprint density at radius 2 is 2.00 bits per heavy atom. The van der Waals surface area contributed by atoms with Crippen LogP contribution in [0.1, 0.15) is 30.3 Å². The van der Waals surface area contributed by atoms with Gasteiger partial charge in [-0.3, -0.25) is 9.20 Å². The number of carbonyl (C=O) groups excluding carboxylic acids is 1. The van der Waals surface area contributed by atoms with Crippen LogP contribution in [-0.4, -0.2) is 25.8 Å². The molecular formula is C21H22N4O2S. The van der Waals surface area contributed by atoms with Crippen LogP contribution in [0.25, 0.3) is 16.6 Å². The molecule has 0 fully saturated rings. The van der Waals surface area contributed by atoms with Gasteiger partial charge in [-0.05, 0) is 44.4 Å². The summed E-state index contributed by atoms with van der Waals surface area (Å²) in [7, 11) is 0. The number of benzene rings is 1. The van der Waals surface area contributed by atoms with Crippen LogP contribution in [0.15, 0.2) is 46.0 Å². The van der Waals surface area contributed by atoms with Gasteiger partial charge in [-0.2, -0.15) is 0 Å². The molecule has 0 unspecified atom stereocenters. The average Bonchev–Trinajstić information content (AvgIpc) is 3.25. The number of aryl methyl sites for hydroxylation is 3. The zero-order valence-electron chi connectivity index (χ0n) is 16.3. The van der Waals surface area contributed by atoms with Gasteiger partial charge in [0.15, 0.2) is 5.58 Å². The molecule has 0 radical (unpaired) electrons. The minimum absolute atomic E-state index is 0.0306. The van der Waals surface area contributed by atoms with E-state index in [2.05, 4.69) is 15.5 Å². The van der Waals surface area contributed by atoms with Gasteiger partial charge in [0.25, 0.3) is 0 Å². The fourth-order valence-electron chi connectivity index (χ4n) is 3.27. The van der Waals surface area contributed by atoms with Crippen molar-refractivity contribution in [1.29, 1.82) is 0 Å². The summed E-state index contributed by atoms with van der Waals surface area (Å²) in [5.74, 6) is 0.751. The summed E-state index contributed by atoms with van der Waals surface area (Å²) in [6.45, 7) is 7.92. The molecule has 1 N–H and O–H groups in total. The Morgan fingerprint density at radius 1 is 1.18 bits per heavy atom. The average molecular weight is 395 g/mol. The summed E-state index contributed by atoms with van der Waals surface area (Å²) in [6.07, 6.45) is 2.34. The fraction of sp³-hybridized carbons (Fsp3) is 0.286. The van der Waals surface area contributed by atoms with E-state index in [9.17, 15) is 4.79 Å². The highest BCUT2D eigenvalue weighted by molar-refractivity contribution is 8.00. The molecule has 28 heavy (non-hydrogen) atoms. The number of thioether (sulfide) groups is 1. The van der Waals surface area contributed by atoms with Gasteiger partial charge in [0.05, 0.1) is 22.5 Å². The number of rotatable bonds is 5. The van der Waals surface area contributed by atoms with Gasteiger partial charge in [-0.15, -0.1) is 10.2 Å². The number of nitrogens with one attached hydrogen (secondary N) is 1. The highest BCUT2D eigenvalue weighted by Gasteiger charge is 2.22. The van der Waals surface area contributed by atoms with Gasteiger partial charge in [0, 0.05) is 17.8 Å². The van der Waals surface area contributed by atoms with Gasteiger partial charge >= 0.3 is 0 Å². The van der Waals surface area contributed by atoms with E-state index in [1.54, 1.807) is 6.26 Å². The fourth-order valence-corrected chi connectivity index (χ4v) is 4.23. The lowest BCUT2D eigenvalue weighted by Crippen LogP contribution is -2.25. The van der Waals surface area contributed by atoms with Crippen molar-refractivity contribution < 1.29 is 9.21 Å². The number of aromatic nitrogens is 3. The topological polar surface area (TPSA) is 72.4 Å². The van der Waals surface area contributed by atoms with Crippen LogP contribution in [0, 0.1) is 20.8 Å². The molecule has 1 aromatic carbocycles. The number of amides is 1. The maximum atomic E-state index is 12.9. The van der Waals surface area contributed by atoms with E-state index in [1.165, 1.54) is 11.8 Å². The third kappa shape index (κ3) is 3.26. The second-order valence-electron chi connectivity index (χ2n) is 6.91. The van der Waals surface area contributed by atoms with Gasteiger partial charge in [-0.1, -0.05) is 30.8 Å². The lowest BCUT2D eigenvalue weighted by Gasteiger charge is -2.16. The van der Waals surface area contributed by atoms with E-state index in [0.717, 1.165) is 44.3 Å². The maximum Gasteiger partial charge on any atom is 0.237 e. The number of nitrogens with zero attached hydrogens (tertiary/aromatic N) is 3. The minimum Gasteiger partial charge on any atom is -0.463 e. The van der Waals surface area contributed by atoms with E-state index < -0.39 is 0 Å².